The third-order valence-corrected chi connectivity index (χ3v) is 5.00. The van der Waals surface area contributed by atoms with E-state index in [0.717, 1.165) is 0 Å². The van der Waals surface area contributed by atoms with E-state index in [0.29, 0.717) is 5.56 Å². The van der Waals surface area contributed by atoms with E-state index in [1.165, 1.54) is 36.4 Å². The first kappa shape index (κ1) is 19.5. The van der Waals surface area contributed by atoms with Crippen LogP contribution in [-0.4, -0.2) is 25.9 Å². The van der Waals surface area contributed by atoms with Gasteiger partial charge in [-0.2, -0.15) is 0 Å². The smallest absolute Gasteiger partial charge is 0.307 e. The molecule has 0 bridgehead atoms. The Kier molecular flexibility index (Phi) is 6.42. The monoisotopic (exact) mass is 378 g/mol. The molecule has 2 rings (SSSR count). The minimum absolute atomic E-state index is 0.0271. The predicted octanol–water partition coefficient (Wildman–Crippen LogP) is 2.57. The van der Waals surface area contributed by atoms with Crippen molar-refractivity contribution in [2.75, 3.05) is 6.61 Å². The van der Waals surface area contributed by atoms with E-state index in [2.05, 4.69) is 4.72 Å². The summed E-state index contributed by atoms with van der Waals surface area (Å²) in [6.07, 6.45) is -0.291. The number of benzene rings is 2. The summed E-state index contributed by atoms with van der Waals surface area (Å²) < 4.78 is 32.5. The van der Waals surface area contributed by atoms with Crippen LogP contribution >= 0.6 is 0 Å². The molecule has 0 aliphatic carbocycles. The number of nitro groups is 1. The number of hydrogen-bond donors (Lipinski definition) is 1. The van der Waals surface area contributed by atoms with Crippen LogP contribution < -0.4 is 4.72 Å². The first-order valence-corrected chi connectivity index (χ1v) is 9.29. The molecule has 1 unspecified atom stereocenters. The lowest BCUT2D eigenvalue weighted by molar-refractivity contribution is -0.384. The van der Waals surface area contributed by atoms with E-state index in [4.69, 9.17) is 4.74 Å². The van der Waals surface area contributed by atoms with Crippen molar-refractivity contribution in [3.05, 3.63) is 70.3 Å². The Morgan fingerprint density at radius 3 is 2.50 bits per heavy atom. The summed E-state index contributed by atoms with van der Waals surface area (Å²) in [4.78, 5) is 22.3. The van der Waals surface area contributed by atoms with Crippen LogP contribution in [0.3, 0.4) is 0 Å². The van der Waals surface area contributed by atoms with Crippen LogP contribution in [0.15, 0.2) is 59.5 Å². The Morgan fingerprint density at radius 2 is 1.88 bits per heavy atom. The van der Waals surface area contributed by atoms with Crippen LogP contribution in [0.5, 0.6) is 0 Å². The van der Waals surface area contributed by atoms with Gasteiger partial charge in [0.2, 0.25) is 10.0 Å². The summed E-state index contributed by atoms with van der Waals surface area (Å²) in [5, 5.41) is 11.0. The first-order valence-electron chi connectivity index (χ1n) is 7.81. The van der Waals surface area contributed by atoms with Crippen molar-refractivity contribution in [1.82, 2.24) is 4.72 Å². The minimum Gasteiger partial charge on any atom is -0.466 e. The summed E-state index contributed by atoms with van der Waals surface area (Å²) in [6, 6.07) is 12.1. The number of hydrogen-bond acceptors (Lipinski definition) is 6. The standard InChI is InChI=1S/C17H18N2O6S/c1-2-25-17(20)12-16(13-7-6-8-14(11-13)19(21)22)18-26(23,24)15-9-4-3-5-10-15/h3-11,16,18H,2,12H2,1H3. The maximum atomic E-state index is 12.6. The van der Waals surface area contributed by atoms with Crippen LogP contribution in [0.2, 0.25) is 0 Å². The lowest BCUT2D eigenvalue weighted by atomic mass is 10.0. The van der Waals surface area contributed by atoms with Gasteiger partial charge in [0.1, 0.15) is 0 Å². The van der Waals surface area contributed by atoms with Gasteiger partial charge in [0.15, 0.2) is 0 Å². The summed E-state index contributed by atoms with van der Waals surface area (Å²) >= 11 is 0. The second kappa shape index (κ2) is 8.54. The molecular weight excluding hydrogens is 360 g/mol. The summed E-state index contributed by atoms with van der Waals surface area (Å²) in [5.74, 6) is -0.611. The number of ether oxygens (including phenoxy) is 1. The Balaban J connectivity index is 2.37. The Morgan fingerprint density at radius 1 is 1.19 bits per heavy atom. The molecule has 0 saturated carbocycles. The number of nitrogens with zero attached hydrogens (tertiary/aromatic N) is 1. The maximum Gasteiger partial charge on any atom is 0.307 e. The molecule has 1 N–H and O–H groups in total. The zero-order chi connectivity index (χ0) is 19.2. The largest absolute Gasteiger partial charge is 0.466 e. The van der Waals surface area contributed by atoms with Crippen LogP contribution in [-0.2, 0) is 19.6 Å². The topological polar surface area (TPSA) is 116 Å². The average Bonchev–Trinajstić information content (AvgIpc) is 2.62. The fourth-order valence-corrected chi connectivity index (χ4v) is 3.57. The highest BCUT2D eigenvalue weighted by molar-refractivity contribution is 7.89. The highest BCUT2D eigenvalue weighted by Gasteiger charge is 2.25. The molecule has 8 nitrogen and oxygen atoms in total. The van der Waals surface area contributed by atoms with Gasteiger partial charge >= 0.3 is 5.97 Å². The fourth-order valence-electron chi connectivity index (χ4n) is 2.32. The van der Waals surface area contributed by atoms with Gasteiger partial charge in [-0.25, -0.2) is 13.1 Å². The van der Waals surface area contributed by atoms with Gasteiger partial charge in [-0.3, -0.25) is 14.9 Å². The first-order chi connectivity index (χ1) is 12.3. The lowest BCUT2D eigenvalue weighted by Gasteiger charge is -2.18. The molecule has 0 saturated heterocycles. The molecule has 0 aliphatic heterocycles. The summed E-state index contributed by atoms with van der Waals surface area (Å²) in [5.41, 5.74) is 0.0991. The van der Waals surface area contributed by atoms with Crippen molar-refractivity contribution in [2.45, 2.75) is 24.3 Å². The normalized spacial score (nSPS) is 12.3. The highest BCUT2D eigenvalue weighted by Crippen LogP contribution is 2.24. The maximum absolute atomic E-state index is 12.6. The van der Waals surface area contributed by atoms with E-state index in [1.54, 1.807) is 25.1 Å². The van der Waals surface area contributed by atoms with Crippen LogP contribution in [0.4, 0.5) is 5.69 Å². The van der Waals surface area contributed by atoms with E-state index < -0.39 is 27.0 Å². The van der Waals surface area contributed by atoms with Crippen molar-refractivity contribution >= 4 is 21.7 Å². The summed E-state index contributed by atoms with van der Waals surface area (Å²) in [6.45, 7) is 1.78. The number of nitrogens with one attached hydrogen (secondary N) is 1. The van der Waals surface area contributed by atoms with Gasteiger partial charge in [0.05, 0.1) is 28.9 Å². The molecule has 0 amide bonds. The fraction of sp³-hybridized carbons (Fsp3) is 0.235. The van der Waals surface area contributed by atoms with Gasteiger partial charge in [0.25, 0.3) is 5.69 Å². The Labute approximate surface area is 151 Å². The Hall–Kier alpha value is -2.78. The SMILES string of the molecule is CCOC(=O)CC(NS(=O)(=O)c1ccccc1)c1cccc([N+](=O)[O-])c1. The van der Waals surface area contributed by atoms with Crippen molar-refractivity contribution in [2.24, 2.45) is 0 Å². The Bertz CT molecular complexity index is 883. The van der Waals surface area contributed by atoms with E-state index in [-0.39, 0.29) is 23.6 Å². The molecule has 2 aromatic rings. The minimum atomic E-state index is -3.93. The molecule has 0 aliphatic rings. The van der Waals surface area contributed by atoms with Crippen molar-refractivity contribution < 1.29 is 22.9 Å². The number of carbonyl (C=O) groups excluding carboxylic acids is 1. The summed E-state index contributed by atoms with van der Waals surface area (Å²) in [7, 11) is -3.93. The molecule has 26 heavy (non-hydrogen) atoms. The van der Waals surface area contributed by atoms with Gasteiger partial charge in [-0.15, -0.1) is 0 Å². The molecule has 0 spiro atoms. The second-order valence-corrected chi connectivity index (χ2v) is 7.06. The third kappa shape index (κ3) is 5.11. The van der Waals surface area contributed by atoms with Gasteiger partial charge in [-0.1, -0.05) is 30.3 Å². The second-order valence-electron chi connectivity index (χ2n) is 5.35. The van der Waals surface area contributed by atoms with E-state index in [9.17, 15) is 23.3 Å². The molecule has 9 heteroatoms. The zero-order valence-electron chi connectivity index (χ0n) is 14.0. The lowest BCUT2D eigenvalue weighted by Crippen LogP contribution is -2.30. The van der Waals surface area contributed by atoms with Crippen molar-refractivity contribution in [3.63, 3.8) is 0 Å². The predicted molar refractivity (Wildman–Crippen MR) is 93.9 cm³/mol. The molecule has 0 heterocycles. The molecular formula is C17H18N2O6S. The van der Waals surface area contributed by atoms with E-state index in [1.807, 2.05) is 0 Å². The number of sulfonamides is 1. The van der Waals surface area contributed by atoms with Gasteiger partial charge < -0.3 is 4.74 Å². The van der Waals surface area contributed by atoms with Crippen molar-refractivity contribution in [1.29, 1.82) is 0 Å². The number of nitro benzene ring substituents is 1. The van der Waals surface area contributed by atoms with Crippen LogP contribution in [0.1, 0.15) is 24.9 Å². The molecule has 2 aromatic carbocycles. The zero-order valence-corrected chi connectivity index (χ0v) is 14.8. The van der Waals surface area contributed by atoms with E-state index >= 15 is 0 Å². The molecule has 0 aromatic heterocycles. The van der Waals surface area contributed by atoms with Crippen LogP contribution in [0, 0.1) is 10.1 Å². The molecule has 0 radical (unpaired) electrons. The molecule has 1 atom stereocenters. The average molecular weight is 378 g/mol. The molecule has 0 fully saturated rings. The highest BCUT2D eigenvalue weighted by atomic mass is 32.2. The number of esters is 1. The third-order valence-electron chi connectivity index (χ3n) is 3.51. The van der Waals surface area contributed by atoms with Gasteiger partial charge in [-0.05, 0) is 24.6 Å². The molecule has 138 valence electrons. The number of carbonyl (C=O) groups is 1. The quantitative estimate of drug-likeness (QED) is 0.429. The van der Waals surface area contributed by atoms with Gasteiger partial charge in [0, 0.05) is 12.1 Å². The van der Waals surface area contributed by atoms with Crippen molar-refractivity contribution in [3.8, 4) is 0 Å². The van der Waals surface area contributed by atoms with Crippen LogP contribution in [0.25, 0.3) is 0 Å². The number of rotatable bonds is 8. The number of non-ortho nitro benzene ring substituents is 1.